The minimum Gasteiger partial charge on any atom is -0.297 e. The van der Waals surface area contributed by atoms with E-state index in [9.17, 15) is 4.79 Å². The Hall–Kier alpha value is -1.19. The highest BCUT2D eigenvalue weighted by Gasteiger charge is 2.10. The Kier molecular flexibility index (Phi) is 2.30. The van der Waals surface area contributed by atoms with Crippen molar-refractivity contribution < 1.29 is 4.79 Å². The van der Waals surface area contributed by atoms with Crippen LogP contribution in [0.5, 0.6) is 0 Å². The first-order valence-electron chi connectivity index (χ1n) is 4.86. The van der Waals surface area contributed by atoms with Gasteiger partial charge in [-0.15, -0.1) is 11.3 Å². The van der Waals surface area contributed by atoms with Crippen molar-refractivity contribution in [3.8, 4) is 0 Å². The predicted molar refractivity (Wildman–Crippen MR) is 72.4 cm³/mol. The fourth-order valence-corrected chi connectivity index (χ4v) is 3.73. The number of thiophene rings is 1. The van der Waals surface area contributed by atoms with Gasteiger partial charge in [0.05, 0.1) is 4.88 Å². The van der Waals surface area contributed by atoms with Crippen molar-refractivity contribution in [2.45, 2.75) is 0 Å². The molecule has 0 aliphatic carbocycles. The Balaban J connectivity index is 2.56. The van der Waals surface area contributed by atoms with Gasteiger partial charge >= 0.3 is 0 Å². The summed E-state index contributed by atoms with van der Waals surface area (Å²) in [6, 6.07) is 12.4. The van der Waals surface area contributed by atoms with Gasteiger partial charge in [0.2, 0.25) is 0 Å². The third kappa shape index (κ3) is 1.32. The number of benzene rings is 2. The highest BCUT2D eigenvalue weighted by molar-refractivity contribution is 9.10. The minimum absolute atomic E-state index is 0.756. The number of fused-ring (bicyclic) bond motifs is 3. The normalized spacial score (nSPS) is 11.1. The Morgan fingerprint density at radius 2 is 1.88 bits per heavy atom. The average Bonchev–Trinajstić information content (AvgIpc) is 2.67. The van der Waals surface area contributed by atoms with Crippen LogP contribution < -0.4 is 0 Å². The molecule has 0 atom stereocenters. The number of halogens is 1. The summed E-state index contributed by atoms with van der Waals surface area (Å²) >= 11 is 5.02. The molecule has 0 unspecified atom stereocenters. The molecule has 0 fully saturated rings. The molecule has 3 rings (SSSR count). The fourth-order valence-electron chi connectivity index (χ4n) is 1.89. The molecular formula is C13H7BrOS. The maximum absolute atomic E-state index is 10.9. The number of carbonyl (C=O) groups is 1. The second-order valence-electron chi connectivity index (χ2n) is 3.56. The van der Waals surface area contributed by atoms with E-state index >= 15 is 0 Å². The van der Waals surface area contributed by atoms with Crippen molar-refractivity contribution >= 4 is 54.4 Å². The number of carbonyl (C=O) groups excluding carboxylic acids is 1. The molecule has 0 saturated heterocycles. The van der Waals surface area contributed by atoms with E-state index in [1.54, 1.807) is 0 Å². The molecule has 3 aromatic rings. The van der Waals surface area contributed by atoms with Crippen LogP contribution in [0.15, 0.2) is 40.9 Å². The SMILES string of the molecule is O=Cc1sc2c(ccc3ccccc32)c1Br. The van der Waals surface area contributed by atoms with Crippen molar-refractivity contribution in [3.63, 3.8) is 0 Å². The number of aldehydes is 1. The molecule has 0 saturated carbocycles. The Morgan fingerprint density at radius 3 is 2.69 bits per heavy atom. The summed E-state index contributed by atoms with van der Waals surface area (Å²) in [5.74, 6) is 0. The standard InChI is InChI=1S/C13H7BrOS/c14-12-10-6-5-8-3-1-2-4-9(8)13(10)16-11(12)7-15/h1-7H. The third-order valence-electron chi connectivity index (χ3n) is 2.65. The zero-order valence-electron chi connectivity index (χ0n) is 8.24. The van der Waals surface area contributed by atoms with Crippen LogP contribution in [0.25, 0.3) is 20.9 Å². The highest BCUT2D eigenvalue weighted by atomic mass is 79.9. The maximum atomic E-state index is 10.9. The Bertz CT molecular complexity index is 700. The summed E-state index contributed by atoms with van der Waals surface area (Å²) < 4.78 is 2.08. The summed E-state index contributed by atoms with van der Waals surface area (Å²) in [5.41, 5.74) is 0. The van der Waals surface area contributed by atoms with Crippen LogP contribution in [-0.4, -0.2) is 6.29 Å². The first-order chi connectivity index (χ1) is 7.81. The van der Waals surface area contributed by atoms with Gasteiger partial charge in [-0.3, -0.25) is 4.79 Å². The predicted octanol–water partition coefficient (Wildman–Crippen LogP) is 4.63. The molecule has 78 valence electrons. The topological polar surface area (TPSA) is 17.1 Å². The van der Waals surface area contributed by atoms with E-state index in [4.69, 9.17) is 0 Å². The van der Waals surface area contributed by atoms with Gasteiger partial charge < -0.3 is 0 Å². The van der Waals surface area contributed by atoms with E-state index in [2.05, 4.69) is 40.2 Å². The smallest absolute Gasteiger partial charge is 0.161 e. The van der Waals surface area contributed by atoms with Crippen LogP contribution in [0.1, 0.15) is 9.67 Å². The molecule has 1 aromatic heterocycles. The molecule has 0 bridgehead atoms. The lowest BCUT2D eigenvalue weighted by molar-refractivity contribution is 0.112. The molecule has 0 aliphatic heterocycles. The van der Waals surface area contributed by atoms with Gasteiger partial charge in [-0.05, 0) is 26.7 Å². The van der Waals surface area contributed by atoms with E-state index in [1.807, 2.05) is 12.1 Å². The fraction of sp³-hybridized carbons (Fsp3) is 0. The summed E-state index contributed by atoms with van der Waals surface area (Å²) in [5, 5.41) is 3.53. The molecule has 0 radical (unpaired) electrons. The number of hydrogen-bond donors (Lipinski definition) is 0. The molecule has 0 aliphatic rings. The van der Waals surface area contributed by atoms with Crippen molar-refractivity contribution in [2.75, 3.05) is 0 Å². The lowest BCUT2D eigenvalue weighted by atomic mass is 10.1. The summed E-state index contributed by atoms with van der Waals surface area (Å²) in [7, 11) is 0. The molecule has 0 spiro atoms. The molecule has 0 N–H and O–H groups in total. The van der Waals surface area contributed by atoms with Gasteiger partial charge in [-0.1, -0.05) is 36.4 Å². The van der Waals surface area contributed by atoms with Crippen molar-refractivity contribution in [1.29, 1.82) is 0 Å². The second kappa shape index (κ2) is 3.68. The van der Waals surface area contributed by atoms with E-state index in [1.165, 1.54) is 26.8 Å². The van der Waals surface area contributed by atoms with Gasteiger partial charge in [0, 0.05) is 14.6 Å². The monoisotopic (exact) mass is 290 g/mol. The van der Waals surface area contributed by atoms with Crippen LogP contribution in [0, 0.1) is 0 Å². The quantitative estimate of drug-likeness (QED) is 0.597. The van der Waals surface area contributed by atoms with Crippen molar-refractivity contribution in [3.05, 3.63) is 45.7 Å². The van der Waals surface area contributed by atoms with Gasteiger partial charge in [0.1, 0.15) is 0 Å². The lowest BCUT2D eigenvalue weighted by Crippen LogP contribution is -1.72. The number of rotatable bonds is 1. The molecule has 3 heteroatoms. The first-order valence-corrected chi connectivity index (χ1v) is 6.47. The first kappa shape index (κ1) is 10.00. The third-order valence-corrected chi connectivity index (χ3v) is 4.93. The van der Waals surface area contributed by atoms with Crippen LogP contribution in [0.4, 0.5) is 0 Å². The molecule has 0 amide bonds. The van der Waals surface area contributed by atoms with Gasteiger partial charge in [0.25, 0.3) is 0 Å². The van der Waals surface area contributed by atoms with Crippen molar-refractivity contribution in [1.82, 2.24) is 0 Å². The van der Waals surface area contributed by atoms with Crippen LogP contribution in [0.2, 0.25) is 0 Å². The van der Waals surface area contributed by atoms with Crippen molar-refractivity contribution in [2.24, 2.45) is 0 Å². The van der Waals surface area contributed by atoms with Gasteiger partial charge in [-0.2, -0.15) is 0 Å². The average molecular weight is 291 g/mol. The lowest BCUT2D eigenvalue weighted by Gasteiger charge is -1.98. The Morgan fingerprint density at radius 1 is 1.06 bits per heavy atom. The highest BCUT2D eigenvalue weighted by Crippen LogP contribution is 2.38. The summed E-state index contributed by atoms with van der Waals surface area (Å²) in [6.45, 7) is 0. The van der Waals surface area contributed by atoms with E-state index < -0.39 is 0 Å². The van der Waals surface area contributed by atoms with Gasteiger partial charge in [0.15, 0.2) is 6.29 Å². The maximum Gasteiger partial charge on any atom is 0.161 e. The van der Waals surface area contributed by atoms with E-state index in [-0.39, 0.29) is 0 Å². The van der Waals surface area contributed by atoms with Gasteiger partial charge in [-0.25, -0.2) is 0 Å². The summed E-state index contributed by atoms with van der Waals surface area (Å²) in [6.07, 6.45) is 0.906. The van der Waals surface area contributed by atoms with Crippen LogP contribution in [-0.2, 0) is 0 Å². The molecular weight excluding hydrogens is 284 g/mol. The zero-order valence-corrected chi connectivity index (χ0v) is 10.6. The molecule has 2 aromatic carbocycles. The zero-order chi connectivity index (χ0) is 11.1. The van der Waals surface area contributed by atoms with E-state index in [0.29, 0.717) is 0 Å². The molecule has 1 heterocycles. The van der Waals surface area contributed by atoms with Crippen LogP contribution >= 0.6 is 27.3 Å². The Labute approximate surface area is 105 Å². The van der Waals surface area contributed by atoms with E-state index in [0.717, 1.165) is 21.0 Å². The van der Waals surface area contributed by atoms with Crippen LogP contribution in [0.3, 0.4) is 0 Å². The second-order valence-corrected chi connectivity index (χ2v) is 5.41. The largest absolute Gasteiger partial charge is 0.297 e. The summed E-state index contributed by atoms with van der Waals surface area (Å²) in [4.78, 5) is 11.7. The molecule has 16 heavy (non-hydrogen) atoms. The minimum atomic E-state index is 0.756. The molecule has 1 nitrogen and oxygen atoms in total. The number of hydrogen-bond acceptors (Lipinski definition) is 2.